The molecule has 3 aromatic heterocycles. The highest BCUT2D eigenvalue weighted by molar-refractivity contribution is 6.04. The quantitative estimate of drug-likeness (QED) is 0.301. The van der Waals surface area contributed by atoms with E-state index < -0.39 is 12.3 Å². The molecule has 6 rings (SSSR count). The summed E-state index contributed by atoms with van der Waals surface area (Å²) in [6.07, 6.45) is 7.72. The summed E-state index contributed by atoms with van der Waals surface area (Å²) in [5, 5.41) is 5.71. The van der Waals surface area contributed by atoms with Gasteiger partial charge in [-0.15, -0.1) is 0 Å². The topological polar surface area (TPSA) is 137 Å². The van der Waals surface area contributed by atoms with Gasteiger partial charge in [-0.25, -0.2) is 23.7 Å². The molecule has 1 saturated carbocycles. The van der Waals surface area contributed by atoms with Crippen LogP contribution in [0.3, 0.4) is 0 Å². The van der Waals surface area contributed by atoms with Crippen molar-refractivity contribution in [2.45, 2.75) is 50.5 Å². The molecular formula is C31H31F2N7O3. The molecule has 12 heteroatoms. The monoisotopic (exact) mass is 587 g/mol. The van der Waals surface area contributed by atoms with Gasteiger partial charge in [0.25, 0.3) is 12.3 Å². The van der Waals surface area contributed by atoms with Crippen LogP contribution in [0.2, 0.25) is 0 Å². The van der Waals surface area contributed by atoms with Crippen molar-refractivity contribution in [3.8, 4) is 11.3 Å². The first-order chi connectivity index (χ1) is 20.9. The number of alkyl halides is 2. The van der Waals surface area contributed by atoms with Gasteiger partial charge in [0.2, 0.25) is 5.91 Å². The van der Waals surface area contributed by atoms with E-state index in [1.807, 2.05) is 16.6 Å². The molecular weight excluding hydrogens is 556 g/mol. The minimum absolute atomic E-state index is 0.0134. The van der Waals surface area contributed by atoms with Crippen molar-refractivity contribution in [3.05, 3.63) is 77.5 Å². The van der Waals surface area contributed by atoms with Gasteiger partial charge in [-0.1, -0.05) is 18.2 Å². The summed E-state index contributed by atoms with van der Waals surface area (Å²) in [6, 6.07) is 9.22. The minimum atomic E-state index is -2.67. The summed E-state index contributed by atoms with van der Waals surface area (Å²) < 4.78 is 33.8. The number of benzene rings is 1. The van der Waals surface area contributed by atoms with Crippen LogP contribution < -0.4 is 16.4 Å². The van der Waals surface area contributed by atoms with Crippen LogP contribution in [0.15, 0.2) is 54.9 Å². The van der Waals surface area contributed by atoms with Crippen LogP contribution in [0.4, 0.5) is 20.4 Å². The van der Waals surface area contributed by atoms with E-state index in [9.17, 15) is 18.4 Å². The number of ether oxygens (including phenoxy) is 1. The van der Waals surface area contributed by atoms with Crippen molar-refractivity contribution in [2.75, 3.05) is 24.3 Å². The first-order valence-electron chi connectivity index (χ1n) is 14.2. The fraction of sp³-hybridized carbons (Fsp3) is 0.323. The number of hydrogen-bond donors (Lipinski definition) is 3. The number of nitrogens with zero attached hydrogens (tertiary/aromatic N) is 4. The lowest BCUT2D eigenvalue weighted by Crippen LogP contribution is -2.33. The average Bonchev–Trinajstić information content (AvgIpc) is 3.63. The van der Waals surface area contributed by atoms with Gasteiger partial charge in [-0.3, -0.25) is 14.0 Å². The molecule has 10 nitrogen and oxygen atoms in total. The maximum absolute atomic E-state index is 13.1. The van der Waals surface area contributed by atoms with E-state index in [1.54, 1.807) is 30.5 Å². The number of pyridine rings is 1. The normalized spacial score (nSPS) is 19.2. The predicted molar refractivity (Wildman–Crippen MR) is 158 cm³/mol. The zero-order valence-electron chi connectivity index (χ0n) is 23.3. The van der Waals surface area contributed by atoms with Crippen molar-refractivity contribution in [1.82, 2.24) is 24.7 Å². The van der Waals surface area contributed by atoms with Crippen LogP contribution in [0.1, 0.15) is 71.9 Å². The van der Waals surface area contributed by atoms with Gasteiger partial charge in [0.05, 0.1) is 25.1 Å². The fourth-order valence-electron chi connectivity index (χ4n) is 5.67. The Kier molecular flexibility index (Phi) is 8.10. The summed E-state index contributed by atoms with van der Waals surface area (Å²) in [6.45, 7) is 0.884. The summed E-state index contributed by atoms with van der Waals surface area (Å²) in [7, 11) is 0. The second kappa shape index (κ2) is 12.3. The van der Waals surface area contributed by atoms with E-state index >= 15 is 0 Å². The number of carbonyl (C=O) groups is 2. The fourth-order valence-corrected chi connectivity index (χ4v) is 5.67. The average molecular weight is 588 g/mol. The number of nitrogens with one attached hydrogen (secondary N) is 2. The van der Waals surface area contributed by atoms with Crippen LogP contribution in [0.25, 0.3) is 22.9 Å². The van der Waals surface area contributed by atoms with E-state index in [-0.39, 0.29) is 29.2 Å². The molecule has 0 unspecified atom stereocenters. The molecule has 2 bridgehead atoms. The number of amides is 2. The zero-order valence-corrected chi connectivity index (χ0v) is 23.3. The maximum Gasteiger partial charge on any atom is 0.264 e. The van der Waals surface area contributed by atoms with Crippen LogP contribution >= 0.6 is 0 Å². The molecule has 1 aromatic carbocycles. The van der Waals surface area contributed by atoms with Crippen molar-refractivity contribution in [1.29, 1.82) is 0 Å². The van der Waals surface area contributed by atoms with Crippen LogP contribution in [-0.2, 0) is 9.53 Å². The van der Waals surface area contributed by atoms with Gasteiger partial charge in [-0.2, -0.15) is 0 Å². The van der Waals surface area contributed by atoms with Gasteiger partial charge >= 0.3 is 0 Å². The number of anilines is 2. The third-order valence-electron chi connectivity index (χ3n) is 7.79. The Hall–Kier alpha value is -4.71. The molecule has 4 aromatic rings. The highest BCUT2D eigenvalue weighted by Gasteiger charge is 2.32. The van der Waals surface area contributed by atoms with Crippen molar-refractivity contribution in [3.63, 3.8) is 0 Å². The zero-order chi connectivity index (χ0) is 29.9. The number of hydrogen-bond acceptors (Lipinski definition) is 7. The number of nitrogen functional groups attached to an aromatic ring is 1. The Balaban J connectivity index is 1.35. The van der Waals surface area contributed by atoms with Crippen LogP contribution in [0, 0.1) is 0 Å². The van der Waals surface area contributed by atoms with Gasteiger partial charge in [0, 0.05) is 41.3 Å². The van der Waals surface area contributed by atoms with E-state index in [0.29, 0.717) is 48.6 Å². The highest BCUT2D eigenvalue weighted by atomic mass is 19.3. The molecule has 0 spiro atoms. The van der Waals surface area contributed by atoms with Gasteiger partial charge in [0.15, 0.2) is 0 Å². The largest absolute Gasteiger partial charge is 0.382 e. The summed E-state index contributed by atoms with van der Waals surface area (Å²) >= 11 is 0. The number of fused-ring (bicyclic) bond motifs is 3. The lowest BCUT2D eigenvalue weighted by Gasteiger charge is -2.14. The minimum Gasteiger partial charge on any atom is -0.382 e. The highest BCUT2D eigenvalue weighted by Crippen LogP contribution is 2.39. The first kappa shape index (κ1) is 28.4. The summed E-state index contributed by atoms with van der Waals surface area (Å²) in [5.74, 6) is 0.796. The van der Waals surface area contributed by atoms with E-state index in [4.69, 9.17) is 15.5 Å². The van der Waals surface area contributed by atoms with Gasteiger partial charge in [0.1, 0.15) is 28.7 Å². The number of imidazole rings is 1. The molecule has 4 heterocycles. The van der Waals surface area contributed by atoms with E-state index in [1.165, 1.54) is 12.3 Å². The molecule has 1 fully saturated rings. The number of halogens is 2. The summed E-state index contributed by atoms with van der Waals surface area (Å²) in [5.41, 5.74) is 9.41. The van der Waals surface area contributed by atoms with E-state index in [0.717, 1.165) is 42.4 Å². The van der Waals surface area contributed by atoms with Crippen LogP contribution in [-0.4, -0.2) is 50.4 Å². The lowest BCUT2D eigenvalue weighted by atomic mass is 10.1. The predicted octanol–water partition coefficient (Wildman–Crippen LogP) is 5.14. The van der Waals surface area contributed by atoms with Gasteiger partial charge in [-0.05, 0) is 56.0 Å². The molecule has 2 amide bonds. The molecule has 4 N–H and O–H groups in total. The third-order valence-corrected chi connectivity index (χ3v) is 7.79. The van der Waals surface area contributed by atoms with Crippen LogP contribution in [0.5, 0.6) is 0 Å². The summed E-state index contributed by atoms with van der Waals surface area (Å²) in [4.78, 5) is 38.8. The standard InChI is InChI=1S/C31H31F2N7O3/c32-28(33)20-10-12-35-24(16-20)38-31(42)19-6-4-18(5-7-19)26-27-29(34)36-17-23-3-1-2-13-43-14-11-25(41)37-22-9-8-21(15-22)30(39-26)40(23)27/h1,3-7,10,12,16-17,21-22,28H,2,8-9,11,13-15H2,(H2,34,36)(H,37,41)(H,35,38,42)/t21-,22-/m1/s1. The molecule has 2 atom stereocenters. The second-order valence-electron chi connectivity index (χ2n) is 10.7. The first-order valence-corrected chi connectivity index (χ1v) is 14.2. The Labute approximate surface area is 246 Å². The molecule has 222 valence electrons. The molecule has 1 aliphatic heterocycles. The number of carbonyl (C=O) groups excluding carboxylic acids is 2. The molecule has 1 aliphatic carbocycles. The van der Waals surface area contributed by atoms with E-state index in [2.05, 4.69) is 20.6 Å². The van der Waals surface area contributed by atoms with Crippen molar-refractivity contribution < 1.29 is 23.1 Å². The third kappa shape index (κ3) is 6.09. The van der Waals surface area contributed by atoms with Crippen molar-refractivity contribution in [2.24, 2.45) is 0 Å². The number of rotatable bonds is 4. The lowest BCUT2D eigenvalue weighted by molar-refractivity contribution is -0.122. The Bertz CT molecular complexity index is 1690. The Morgan fingerprint density at radius 2 is 1.98 bits per heavy atom. The molecule has 2 aliphatic rings. The second-order valence-corrected chi connectivity index (χ2v) is 10.7. The SMILES string of the molecule is Nc1ncc2n3c(nc(-c4ccc(C(=O)Nc5cc(C(F)F)ccn5)cc4)c13)[C@@H]1CC[C@H](C1)NC(=O)CCOCCC=C2. The molecule has 0 saturated heterocycles. The molecule has 0 radical (unpaired) electrons. The smallest absolute Gasteiger partial charge is 0.264 e. The Morgan fingerprint density at radius 1 is 1.14 bits per heavy atom. The molecule has 43 heavy (non-hydrogen) atoms. The van der Waals surface area contributed by atoms with Crippen molar-refractivity contribution >= 4 is 35.0 Å². The Morgan fingerprint density at radius 3 is 2.79 bits per heavy atom. The number of nitrogens with two attached hydrogens (primary N) is 1. The number of aromatic nitrogens is 4. The van der Waals surface area contributed by atoms with Gasteiger partial charge < -0.3 is 21.1 Å². The maximum atomic E-state index is 13.1.